The number of likely N-dealkylation sites (tertiary alicyclic amines) is 1. The molecule has 4 unspecified atom stereocenters. The Balaban J connectivity index is 2.28. The predicted molar refractivity (Wildman–Crippen MR) is 85.1 cm³/mol. The van der Waals surface area contributed by atoms with Crippen LogP contribution in [0.15, 0.2) is 28.7 Å². The lowest BCUT2D eigenvalue weighted by molar-refractivity contribution is 0.0422. The second-order valence-electron chi connectivity index (χ2n) is 6.03. The van der Waals surface area contributed by atoms with Crippen LogP contribution < -0.4 is 5.73 Å². The van der Waals surface area contributed by atoms with Gasteiger partial charge in [0.15, 0.2) is 0 Å². The molecule has 1 fully saturated rings. The van der Waals surface area contributed by atoms with Crippen LogP contribution in [0.5, 0.6) is 0 Å². The van der Waals surface area contributed by atoms with E-state index in [4.69, 9.17) is 5.73 Å². The monoisotopic (exact) mass is 324 g/mol. The molecule has 19 heavy (non-hydrogen) atoms. The summed E-state index contributed by atoms with van der Waals surface area (Å²) >= 11 is 3.67. The lowest BCUT2D eigenvalue weighted by Gasteiger charge is -2.45. The van der Waals surface area contributed by atoms with Crippen LogP contribution in [0, 0.1) is 11.8 Å². The molecule has 2 rings (SSSR count). The molecule has 1 aromatic rings. The van der Waals surface area contributed by atoms with Crippen LogP contribution in [-0.4, -0.2) is 24.0 Å². The van der Waals surface area contributed by atoms with E-state index in [1.165, 1.54) is 16.5 Å². The maximum absolute atomic E-state index is 6.10. The smallest absolute Gasteiger partial charge is 0.0484 e. The van der Waals surface area contributed by atoms with E-state index in [1.54, 1.807) is 0 Å². The van der Waals surface area contributed by atoms with E-state index in [0.717, 1.165) is 18.4 Å². The molecule has 0 bridgehead atoms. The maximum atomic E-state index is 6.10. The Morgan fingerprint density at radius 2 is 2.00 bits per heavy atom. The van der Waals surface area contributed by atoms with Crippen molar-refractivity contribution < 1.29 is 0 Å². The second kappa shape index (κ2) is 6.38. The Labute approximate surface area is 125 Å². The third-order valence-electron chi connectivity index (χ3n) is 4.53. The van der Waals surface area contributed by atoms with Gasteiger partial charge in [0.2, 0.25) is 0 Å². The number of piperidine rings is 1. The van der Waals surface area contributed by atoms with Gasteiger partial charge >= 0.3 is 0 Å². The molecule has 106 valence electrons. The third kappa shape index (κ3) is 3.21. The highest BCUT2D eigenvalue weighted by atomic mass is 79.9. The molecule has 1 aliphatic heterocycles. The highest BCUT2D eigenvalue weighted by Gasteiger charge is 2.33. The van der Waals surface area contributed by atoms with E-state index >= 15 is 0 Å². The summed E-state index contributed by atoms with van der Waals surface area (Å²) in [4.78, 5) is 2.60. The van der Waals surface area contributed by atoms with Gasteiger partial charge in [-0.25, -0.2) is 0 Å². The van der Waals surface area contributed by atoms with E-state index in [2.05, 4.69) is 65.9 Å². The normalized spacial score (nSPS) is 30.3. The van der Waals surface area contributed by atoms with Gasteiger partial charge in [-0.2, -0.15) is 0 Å². The zero-order chi connectivity index (χ0) is 14.0. The summed E-state index contributed by atoms with van der Waals surface area (Å²) in [5, 5.41) is 0. The van der Waals surface area contributed by atoms with Crippen molar-refractivity contribution in [2.75, 3.05) is 13.1 Å². The van der Waals surface area contributed by atoms with Gasteiger partial charge in [-0.05, 0) is 36.8 Å². The average Bonchev–Trinajstić information content (AvgIpc) is 2.38. The van der Waals surface area contributed by atoms with Crippen molar-refractivity contribution in [2.45, 2.75) is 39.3 Å². The summed E-state index contributed by atoms with van der Waals surface area (Å²) in [6.07, 6.45) is 1.32. The minimum absolute atomic E-state index is 0.316. The van der Waals surface area contributed by atoms with E-state index < -0.39 is 0 Å². The predicted octanol–water partition coefficient (Wildman–Crippen LogP) is 3.82. The molecule has 1 aromatic carbocycles. The van der Waals surface area contributed by atoms with E-state index in [9.17, 15) is 0 Å². The Hall–Kier alpha value is -0.380. The topological polar surface area (TPSA) is 29.3 Å². The van der Waals surface area contributed by atoms with Crippen molar-refractivity contribution >= 4 is 15.9 Å². The summed E-state index contributed by atoms with van der Waals surface area (Å²) in [6.45, 7) is 8.88. The Kier molecular flexibility index (Phi) is 5.04. The number of nitrogens with two attached hydrogens (primary N) is 1. The Bertz CT molecular complexity index is 421. The van der Waals surface area contributed by atoms with Crippen molar-refractivity contribution in [3.63, 3.8) is 0 Å². The third-order valence-corrected chi connectivity index (χ3v) is 5.25. The number of nitrogens with zero attached hydrogens (tertiary/aromatic N) is 1. The molecule has 2 N–H and O–H groups in total. The highest BCUT2D eigenvalue weighted by Crippen LogP contribution is 2.35. The minimum atomic E-state index is 0.316. The first kappa shape index (κ1) is 15.0. The number of hydrogen-bond acceptors (Lipinski definition) is 2. The fraction of sp³-hybridized carbons (Fsp3) is 0.625. The van der Waals surface area contributed by atoms with Gasteiger partial charge in [-0.1, -0.05) is 48.0 Å². The number of benzene rings is 1. The standard InChI is InChI=1S/C16H25BrN2/c1-11-8-12(2)13(3)19(10-11)16(9-18)14-6-4-5-7-15(14)17/h4-7,11-13,16H,8-10,18H2,1-3H3. The van der Waals surface area contributed by atoms with Crippen LogP contribution in [0.2, 0.25) is 0 Å². The number of rotatable bonds is 3. The van der Waals surface area contributed by atoms with Gasteiger partial charge < -0.3 is 5.73 Å². The van der Waals surface area contributed by atoms with Crippen LogP contribution in [0.4, 0.5) is 0 Å². The molecule has 4 atom stereocenters. The molecule has 0 aliphatic carbocycles. The SMILES string of the molecule is CC1CC(C)C(C)N(C(CN)c2ccccc2Br)C1. The van der Waals surface area contributed by atoms with Crippen LogP contribution in [0.25, 0.3) is 0 Å². The molecule has 0 radical (unpaired) electrons. The zero-order valence-corrected chi connectivity index (χ0v) is 13.7. The molecule has 1 heterocycles. The first-order chi connectivity index (χ1) is 9.04. The van der Waals surface area contributed by atoms with Crippen LogP contribution in [0.1, 0.15) is 38.8 Å². The molecular formula is C16H25BrN2. The summed E-state index contributed by atoms with van der Waals surface area (Å²) in [7, 11) is 0. The first-order valence-electron chi connectivity index (χ1n) is 7.24. The lowest BCUT2D eigenvalue weighted by atomic mass is 9.84. The van der Waals surface area contributed by atoms with E-state index in [1.807, 2.05) is 0 Å². The molecule has 0 aromatic heterocycles. The maximum Gasteiger partial charge on any atom is 0.0484 e. The Morgan fingerprint density at radius 3 is 2.63 bits per heavy atom. The van der Waals surface area contributed by atoms with Gasteiger partial charge in [-0.15, -0.1) is 0 Å². The van der Waals surface area contributed by atoms with Crippen molar-refractivity contribution in [3.8, 4) is 0 Å². The molecule has 1 aliphatic rings. The number of hydrogen-bond donors (Lipinski definition) is 1. The summed E-state index contributed by atoms with van der Waals surface area (Å²) < 4.78 is 1.17. The Morgan fingerprint density at radius 1 is 1.32 bits per heavy atom. The lowest BCUT2D eigenvalue weighted by Crippen LogP contribution is -2.49. The fourth-order valence-electron chi connectivity index (χ4n) is 3.36. The van der Waals surface area contributed by atoms with Crippen LogP contribution >= 0.6 is 15.9 Å². The van der Waals surface area contributed by atoms with Crippen molar-refractivity contribution in [3.05, 3.63) is 34.3 Å². The van der Waals surface area contributed by atoms with E-state index in [0.29, 0.717) is 18.6 Å². The molecule has 2 nitrogen and oxygen atoms in total. The van der Waals surface area contributed by atoms with Crippen molar-refractivity contribution in [1.82, 2.24) is 4.90 Å². The molecule has 1 saturated heterocycles. The van der Waals surface area contributed by atoms with E-state index in [-0.39, 0.29) is 0 Å². The van der Waals surface area contributed by atoms with Gasteiger partial charge in [-0.3, -0.25) is 4.90 Å². The van der Waals surface area contributed by atoms with Crippen LogP contribution in [0.3, 0.4) is 0 Å². The summed E-state index contributed by atoms with van der Waals surface area (Å²) in [6, 6.07) is 9.38. The van der Waals surface area contributed by atoms with Gasteiger partial charge in [0.05, 0.1) is 0 Å². The largest absolute Gasteiger partial charge is 0.329 e. The quantitative estimate of drug-likeness (QED) is 0.915. The van der Waals surface area contributed by atoms with Crippen molar-refractivity contribution in [2.24, 2.45) is 17.6 Å². The molecule has 0 spiro atoms. The number of halogens is 1. The second-order valence-corrected chi connectivity index (χ2v) is 6.88. The molecular weight excluding hydrogens is 300 g/mol. The highest BCUT2D eigenvalue weighted by molar-refractivity contribution is 9.10. The van der Waals surface area contributed by atoms with Crippen LogP contribution in [-0.2, 0) is 0 Å². The van der Waals surface area contributed by atoms with Crippen molar-refractivity contribution in [1.29, 1.82) is 0 Å². The summed E-state index contributed by atoms with van der Waals surface area (Å²) in [5.74, 6) is 1.49. The molecule has 0 saturated carbocycles. The van der Waals surface area contributed by atoms with Gasteiger partial charge in [0.1, 0.15) is 0 Å². The zero-order valence-electron chi connectivity index (χ0n) is 12.1. The molecule has 0 amide bonds. The van der Waals surface area contributed by atoms with Gasteiger partial charge in [0, 0.05) is 29.6 Å². The molecule has 3 heteroatoms. The summed E-state index contributed by atoms with van der Waals surface area (Å²) in [5.41, 5.74) is 7.41. The fourth-order valence-corrected chi connectivity index (χ4v) is 3.91. The average molecular weight is 325 g/mol. The minimum Gasteiger partial charge on any atom is -0.329 e. The van der Waals surface area contributed by atoms with Gasteiger partial charge in [0.25, 0.3) is 0 Å². The first-order valence-corrected chi connectivity index (χ1v) is 8.04.